The lowest BCUT2D eigenvalue weighted by Crippen LogP contribution is -2.30. The number of halogens is 1. The summed E-state index contributed by atoms with van der Waals surface area (Å²) < 4.78 is 0. The Morgan fingerprint density at radius 3 is 2.88 bits per heavy atom. The van der Waals surface area contributed by atoms with Gasteiger partial charge in [0.1, 0.15) is 5.82 Å². The molecule has 3 N–H and O–H groups in total. The average Bonchev–Trinajstić information content (AvgIpc) is 2.95. The molecule has 3 heterocycles. The van der Waals surface area contributed by atoms with E-state index in [0.29, 0.717) is 30.5 Å². The first kappa shape index (κ1) is 16.4. The van der Waals surface area contributed by atoms with Crippen molar-refractivity contribution in [2.45, 2.75) is 13.0 Å². The van der Waals surface area contributed by atoms with Gasteiger partial charge in [-0.1, -0.05) is 11.3 Å². The molecule has 0 saturated heterocycles. The zero-order chi connectivity index (χ0) is 17.3. The molecule has 0 aromatic carbocycles. The number of nitrogens with zero attached hydrogens (tertiary/aromatic N) is 4. The number of carboxylic acid groups (broad SMARTS) is 1. The van der Waals surface area contributed by atoms with Crippen molar-refractivity contribution >= 4 is 45.9 Å². The minimum atomic E-state index is -1.16. The molecule has 0 bridgehead atoms. The summed E-state index contributed by atoms with van der Waals surface area (Å²) >= 11 is 7.19. The fourth-order valence-electron chi connectivity index (χ4n) is 2.28. The summed E-state index contributed by atoms with van der Waals surface area (Å²) in [5, 5.41) is 14.6. The van der Waals surface area contributed by atoms with Gasteiger partial charge in [0.15, 0.2) is 10.8 Å². The van der Waals surface area contributed by atoms with Gasteiger partial charge in [-0.25, -0.2) is 24.5 Å². The molecule has 2 aromatic rings. The molecule has 2 aromatic heterocycles. The van der Waals surface area contributed by atoms with E-state index < -0.39 is 5.97 Å². The summed E-state index contributed by atoms with van der Waals surface area (Å²) in [6.07, 6.45) is 0.658. The fourth-order valence-corrected chi connectivity index (χ4v) is 3.48. The van der Waals surface area contributed by atoms with E-state index in [1.54, 1.807) is 0 Å². The van der Waals surface area contributed by atoms with Gasteiger partial charge in [0.25, 0.3) is 0 Å². The number of thiazole rings is 1. The van der Waals surface area contributed by atoms with Gasteiger partial charge in [0.2, 0.25) is 5.28 Å². The van der Waals surface area contributed by atoms with Gasteiger partial charge in [-0.05, 0) is 11.6 Å². The van der Waals surface area contributed by atoms with Crippen LogP contribution in [0.1, 0.15) is 21.1 Å². The second-order valence-corrected chi connectivity index (χ2v) is 6.37. The van der Waals surface area contributed by atoms with Crippen LogP contribution >= 0.6 is 22.9 Å². The average molecular weight is 369 g/mol. The van der Waals surface area contributed by atoms with Crippen molar-refractivity contribution in [3.63, 3.8) is 0 Å². The smallest absolute Gasteiger partial charge is 0.354 e. The Kier molecular flexibility index (Phi) is 4.49. The molecule has 0 radical (unpaired) electrons. The van der Waals surface area contributed by atoms with Gasteiger partial charge in [0.05, 0.1) is 12.2 Å². The number of hydrogen-bond donors (Lipinski definition) is 3. The number of aromatic carboxylic acids is 1. The van der Waals surface area contributed by atoms with Crippen LogP contribution in [-0.4, -0.2) is 45.7 Å². The van der Waals surface area contributed by atoms with Gasteiger partial charge in [0, 0.05) is 31.0 Å². The number of carbonyl (C=O) groups excluding carboxylic acids is 1. The number of amides is 2. The monoisotopic (exact) mass is 368 g/mol. The largest absolute Gasteiger partial charge is 0.477 e. The Bertz CT molecular complexity index is 811. The number of nitrogens with one attached hydrogen (secondary N) is 2. The van der Waals surface area contributed by atoms with Crippen molar-refractivity contribution in [3.05, 3.63) is 27.6 Å². The Balaban J connectivity index is 1.82. The zero-order valence-electron chi connectivity index (χ0n) is 12.5. The van der Waals surface area contributed by atoms with Crippen LogP contribution in [0, 0.1) is 0 Å². The van der Waals surface area contributed by atoms with Crippen LogP contribution in [0.25, 0.3) is 0 Å². The summed E-state index contributed by atoms with van der Waals surface area (Å²) in [4.78, 5) is 37.5. The lowest BCUT2D eigenvalue weighted by molar-refractivity contribution is 0.0690. The maximum Gasteiger partial charge on any atom is 0.354 e. The first-order chi connectivity index (χ1) is 11.5. The SMILES string of the molecule is CNC(=O)Nc1nc2c(s1)CN(c1cc(C(=O)O)nc(Cl)n1)CC2. The Morgan fingerprint density at radius 1 is 1.38 bits per heavy atom. The van der Waals surface area contributed by atoms with Crippen molar-refractivity contribution in [2.24, 2.45) is 0 Å². The molecule has 1 aliphatic heterocycles. The van der Waals surface area contributed by atoms with Gasteiger partial charge in [-0.15, -0.1) is 0 Å². The van der Waals surface area contributed by atoms with Gasteiger partial charge in [-0.3, -0.25) is 5.32 Å². The van der Waals surface area contributed by atoms with Crippen molar-refractivity contribution in [1.82, 2.24) is 20.3 Å². The third-order valence-electron chi connectivity index (χ3n) is 3.41. The summed E-state index contributed by atoms with van der Waals surface area (Å²) in [6, 6.07) is 1.07. The van der Waals surface area contributed by atoms with Crippen molar-refractivity contribution in [1.29, 1.82) is 0 Å². The summed E-state index contributed by atoms with van der Waals surface area (Å²) in [7, 11) is 1.53. The van der Waals surface area contributed by atoms with E-state index in [2.05, 4.69) is 25.6 Å². The number of carbonyl (C=O) groups is 2. The molecule has 9 nitrogen and oxygen atoms in total. The Morgan fingerprint density at radius 2 is 2.17 bits per heavy atom. The number of hydrogen-bond acceptors (Lipinski definition) is 7. The van der Waals surface area contributed by atoms with Crippen LogP contribution in [-0.2, 0) is 13.0 Å². The Hall–Kier alpha value is -2.46. The topological polar surface area (TPSA) is 120 Å². The third kappa shape index (κ3) is 3.39. The minimum Gasteiger partial charge on any atom is -0.477 e. The molecule has 0 fully saturated rings. The predicted octanol–water partition coefficient (Wildman–Crippen LogP) is 1.60. The van der Waals surface area contributed by atoms with Crippen LogP contribution in [0.5, 0.6) is 0 Å². The van der Waals surface area contributed by atoms with Gasteiger partial charge < -0.3 is 15.3 Å². The van der Waals surface area contributed by atoms with E-state index in [1.165, 1.54) is 24.5 Å². The molecule has 11 heteroatoms. The van der Waals surface area contributed by atoms with Crippen LogP contribution in [0.3, 0.4) is 0 Å². The maximum atomic E-state index is 11.4. The number of rotatable bonds is 3. The van der Waals surface area contributed by atoms with E-state index in [-0.39, 0.29) is 17.0 Å². The molecule has 0 atom stereocenters. The molecule has 0 aliphatic carbocycles. The van der Waals surface area contributed by atoms with E-state index in [1.807, 2.05) is 4.90 Å². The predicted molar refractivity (Wildman–Crippen MR) is 88.9 cm³/mol. The lowest BCUT2D eigenvalue weighted by atomic mass is 10.2. The normalized spacial score (nSPS) is 13.3. The molecule has 0 saturated carbocycles. The quantitative estimate of drug-likeness (QED) is 0.703. The highest BCUT2D eigenvalue weighted by Gasteiger charge is 2.23. The first-order valence-corrected chi connectivity index (χ1v) is 8.16. The second kappa shape index (κ2) is 6.57. The molecule has 2 amide bonds. The highest BCUT2D eigenvalue weighted by atomic mass is 35.5. The summed E-state index contributed by atoms with van der Waals surface area (Å²) in [5.74, 6) is -0.708. The van der Waals surface area contributed by atoms with Crippen LogP contribution in [0.4, 0.5) is 15.7 Å². The molecular formula is C13H13ClN6O3S. The highest BCUT2D eigenvalue weighted by molar-refractivity contribution is 7.15. The fraction of sp³-hybridized carbons (Fsp3) is 0.308. The molecule has 24 heavy (non-hydrogen) atoms. The number of fused-ring (bicyclic) bond motifs is 1. The molecule has 0 spiro atoms. The molecule has 3 rings (SSSR count). The van der Waals surface area contributed by atoms with E-state index >= 15 is 0 Å². The van der Waals surface area contributed by atoms with Crippen LogP contribution < -0.4 is 15.5 Å². The third-order valence-corrected chi connectivity index (χ3v) is 4.57. The lowest BCUT2D eigenvalue weighted by Gasteiger charge is -2.27. The molecule has 1 aliphatic rings. The second-order valence-electron chi connectivity index (χ2n) is 4.95. The van der Waals surface area contributed by atoms with Crippen LogP contribution in [0.2, 0.25) is 5.28 Å². The van der Waals surface area contributed by atoms with Crippen LogP contribution in [0.15, 0.2) is 6.07 Å². The first-order valence-electron chi connectivity index (χ1n) is 6.96. The number of carboxylic acids is 1. The van der Waals surface area contributed by atoms with Gasteiger partial charge >= 0.3 is 12.0 Å². The van der Waals surface area contributed by atoms with Crippen molar-refractivity contribution in [3.8, 4) is 0 Å². The maximum absolute atomic E-state index is 11.4. The molecule has 126 valence electrons. The van der Waals surface area contributed by atoms with Gasteiger partial charge in [-0.2, -0.15) is 0 Å². The molecule has 0 unspecified atom stereocenters. The zero-order valence-corrected chi connectivity index (χ0v) is 14.1. The number of aromatic nitrogens is 3. The highest BCUT2D eigenvalue weighted by Crippen LogP contribution is 2.30. The minimum absolute atomic E-state index is 0.109. The van der Waals surface area contributed by atoms with Crippen molar-refractivity contribution < 1.29 is 14.7 Å². The number of anilines is 2. The Labute approximate surface area is 145 Å². The summed E-state index contributed by atoms with van der Waals surface area (Å²) in [6.45, 7) is 1.12. The van der Waals surface area contributed by atoms with E-state index in [0.717, 1.165) is 10.6 Å². The number of urea groups is 1. The van der Waals surface area contributed by atoms with E-state index in [4.69, 9.17) is 16.7 Å². The standard InChI is InChI=1S/C13H13ClN6O3S/c1-15-12(23)19-13-17-6-2-3-20(5-8(6)24-13)9-4-7(10(21)22)16-11(14)18-9/h4H,2-3,5H2,1H3,(H,21,22)(H2,15,17,19,23). The molecular weight excluding hydrogens is 356 g/mol. The van der Waals surface area contributed by atoms with E-state index in [9.17, 15) is 9.59 Å². The summed E-state index contributed by atoms with van der Waals surface area (Å²) in [5.41, 5.74) is 0.767. The van der Waals surface area contributed by atoms with Crippen molar-refractivity contribution in [2.75, 3.05) is 23.8 Å².